The molecule has 0 aliphatic carbocycles. The predicted octanol–water partition coefficient (Wildman–Crippen LogP) is 0.595. The Morgan fingerprint density at radius 3 is 2.17 bits per heavy atom. The van der Waals surface area contributed by atoms with E-state index >= 15 is 0 Å². The van der Waals surface area contributed by atoms with Crippen molar-refractivity contribution in [2.45, 2.75) is 24.7 Å². The minimum absolute atomic E-state index is 0.311. The molecule has 3 fully saturated rings. The fourth-order valence-corrected chi connectivity index (χ4v) is 1.99. The highest BCUT2D eigenvalue weighted by atomic mass is 19.4. The van der Waals surface area contributed by atoms with Crippen molar-refractivity contribution < 1.29 is 13.2 Å². The molecule has 0 spiro atoms. The van der Waals surface area contributed by atoms with Gasteiger partial charge in [-0.2, -0.15) is 13.2 Å². The summed E-state index contributed by atoms with van der Waals surface area (Å²) in [5.41, 5.74) is 0. The lowest BCUT2D eigenvalue weighted by Gasteiger charge is -2.48. The molecule has 0 aromatic rings. The molecule has 0 aromatic heterocycles. The van der Waals surface area contributed by atoms with Gasteiger partial charge in [-0.1, -0.05) is 0 Å². The molecule has 70 valence electrons. The number of hydrogen-bond donors (Lipinski definition) is 1. The number of fused-ring (bicyclic) bond motifs is 2. The molecule has 2 bridgehead atoms. The molecule has 5 heteroatoms. The molecular weight excluding hydrogens is 169 g/mol. The van der Waals surface area contributed by atoms with E-state index in [4.69, 9.17) is 0 Å². The number of alkyl halides is 3. The number of piperidine rings is 1. The maximum Gasteiger partial charge on any atom is 0.401 e. The van der Waals surface area contributed by atoms with Gasteiger partial charge in [0, 0.05) is 25.2 Å². The Hall–Kier alpha value is -0.290. The van der Waals surface area contributed by atoms with Gasteiger partial charge in [0.15, 0.2) is 0 Å². The first kappa shape index (κ1) is 8.31. The number of halogens is 3. The Kier molecular flexibility index (Phi) is 1.80. The average molecular weight is 180 g/mol. The normalized spacial score (nSPS) is 36.2. The highest BCUT2D eigenvalue weighted by Crippen LogP contribution is 2.24. The molecule has 2 nitrogen and oxygen atoms in total. The van der Waals surface area contributed by atoms with Gasteiger partial charge < -0.3 is 5.32 Å². The molecule has 2 atom stereocenters. The van der Waals surface area contributed by atoms with Crippen molar-refractivity contribution in [3.63, 3.8) is 0 Å². The minimum Gasteiger partial charge on any atom is -0.309 e. The number of rotatable bonds is 1. The summed E-state index contributed by atoms with van der Waals surface area (Å²) < 4.78 is 35.8. The molecule has 0 amide bonds. The van der Waals surface area contributed by atoms with Crippen LogP contribution in [0.4, 0.5) is 13.2 Å². The quantitative estimate of drug-likeness (QED) is 0.635. The van der Waals surface area contributed by atoms with Gasteiger partial charge in [-0.25, -0.2) is 0 Å². The molecule has 3 saturated heterocycles. The fraction of sp³-hybridized carbons (Fsp3) is 1.00. The maximum atomic E-state index is 11.9. The minimum atomic E-state index is -4.04. The van der Waals surface area contributed by atoms with E-state index in [1.807, 2.05) is 0 Å². The van der Waals surface area contributed by atoms with Crippen LogP contribution in [0.3, 0.4) is 0 Å². The zero-order valence-corrected chi connectivity index (χ0v) is 6.56. The van der Waals surface area contributed by atoms with Crippen molar-refractivity contribution in [1.29, 1.82) is 0 Å². The second kappa shape index (κ2) is 2.60. The van der Waals surface area contributed by atoms with Crippen LogP contribution in [-0.4, -0.2) is 42.8 Å². The summed E-state index contributed by atoms with van der Waals surface area (Å²) in [6.07, 6.45) is -2.99. The lowest BCUT2D eigenvalue weighted by atomic mass is 9.91. The highest BCUT2D eigenvalue weighted by molar-refractivity contribution is 4.97. The maximum absolute atomic E-state index is 11.9. The van der Waals surface area contributed by atoms with E-state index in [1.54, 1.807) is 0 Å². The van der Waals surface area contributed by atoms with Gasteiger partial charge in [-0.15, -0.1) is 0 Å². The number of hydrogen-bond acceptors (Lipinski definition) is 2. The van der Waals surface area contributed by atoms with Crippen LogP contribution in [0.2, 0.25) is 0 Å². The van der Waals surface area contributed by atoms with Gasteiger partial charge in [-0.05, 0) is 6.42 Å². The first-order valence-electron chi connectivity index (χ1n) is 4.08. The zero-order valence-electron chi connectivity index (χ0n) is 6.56. The van der Waals surface area contributed by atoms with E-state index in [0.717, 1.165) is 6.42 Å². The Bertz CT molecular complexity index is 164. The monoisotopic (exact) mass is 180 g/mol. The average Bonchev–Trinajstić information content (AvgIpc) is 1.80. The van der Waals surface area contributed by atoms with Crippen molar-refractivity contribution in [2.24, 2.45) is 0 Å². The van der Waals surface area contributed by atoms with Crippen LogP contribution in [0.5, 0.6) is 0 Å². The molecule has 12 heavy (non-hydrogen) atoms. The summed E-state index contributed by atoms with van der Waals surface area (Å²) in [5, 5.41) is 3.19. The molecule has 3 aliphatic rings. The van der Waals surface area contributed by atoms with Crippen LogP contribution < -0.4 is 5.32 Å². The standard InChI is InChI=1S/C7H11F3N2/c8-7(9,10)4-12-2-5-1-6(3-12)11-5/h5-6,11H,1-4H2. The Morgan fingerprint density at radius 1 is 1.25 bits per heavy atom. The summed E-state index contributed by atoms with van der Waals surface area (Å²) >= 11 is 0. The third kappa shape index (κ3) is 1.72. The largest absolute Gasteiger partial charge is 0.401 e. The van der Waals surface area contributed by atoms with Gasteiger partial charge in [0.1, 0.15) is 0 Å². The van der Waals surface area contributed by atoms with E-state index < -0.39 is 12.7 Å². The zero-order chi connectivity index (χ0) is 8.77. The fourth-order valence-electron chi connectivity index (χ4n) is 1.99. The summed E-state index contributed by atoms with van der Waals surface area (Å²) in [7, 11) is 0. The van der Waals surface area contributed by atoms with E-state index in [1.165, 1.54) is 4.90 Å². The van der Waals surface area contributed by atoms with E-state index in [2.05, 4.69) is 5.32 Å². The SMILES string of the molecule is FC(F)(F)CN1CC2CC(C1)N2. The van der Waals surface area contributed by atoms with Crippen molar-refractivity contribution >= 4 is 0 Å². The predicted molar refractivity (Wildman–Crippen MR) is 37.8 cm³/mol. The molecule has 3 heterocycles. The van der Waals surface area contributed by atoms with Crippen LogP contribution in [-0.2, 0) is 0 Å². The molecule has 1 N–H and O–H groups in total. The van der Waals surface area contributed by atoms with Gasteiger partial charge in [0.05, 0.1) is 6.54 Å². The van der Waals surface area contributed by atoms with Crippen LogP contribution in [0, 0.1) is 0 Å². The molecule has 2 unspecified atom stereocenters. The summed E-state index contributed by atoms with van der Waals surface area (Å²) in [4.78, 5) is 1.48. The molecule has 0 radical (unpaired) electrons. The van der Waals surface area contributed by atoms with Gasteiger partial charge in [0.25, 0.3) is 0 Å². The molecule has 3 rings (SSSR count). The highest BCUT2D eigenvalue weighted by Gasteiger charge is 2.40. The van der Waals surface area contributed by atoms with Gasteiger partial charge in [-0.3, -0.25) is 4.90 Å². The lowest BCUT2D eigenvalue weighted by Crippen LogP contribution is -2.67. The Labute approximate surface area is 68.7 Å². The van der Waals surface area contributed by atoms with Crippen LogP contribution in [0.15, 0.2) is 0 Å². The molecule has 0 saturated carbocycles. The second-order valence-corrected chi connectivity index (χ2v) is 3.61. The third-order valence-electron chi connectivity index (χ3n) is 2.40. The van der Waals surface area contributed by atoms with Crippen LogP contribution in [0.1, 0.15) is 6.42 Å². The van der Waals surface area contributed by atoms with Crippen molar-refractivity contribution in [3.8, 4) is 0 Å². The molecule has 0 aromatic carbocycles. The summed E-state index contributed by atoms with van der Waals surface area (Å²) in [6, 6.07) is 0.622. The Balaban J connectivity index is 1.82. The van der Waals surface area contributed by atoms with Gasteiger partial charge in [0.2, 0.25) is 0 Å². The smallest absolute Gasteiger partial charge is 0.309 e. The van der Waals surface area contributed by atoms with Crippen LogP contribution in [0.25, 0.3) is 0 Å². The molecule has 3 aliphatic heterocycles. The third-order valence-corrected chi connectivity index (χ3v) is 2.40. The second-order valence-electron chi connectivity index (χ2n) is 3.61. The van der Waals surface area contributed by atoms with Crippen molar-refractivity contribution in [1.82, 2.24) is 10.2 Å². The number of piperazine rings is 1. The van der Waals surface area contributed by atoms with E-state index in [0.29, 0.717) is 25.2 Å². The van der Waals surface area contributed by atoms with Crippen LogP contribution >= 0.6 is 0 Å². The topological polar surface area (TPSA) is 15.3 Å². The first-order valence-corrected chi connectivity index (χ1v) is 4.08. The summed E-state index contributed by atoms with van der Waals surface area (Å²) in [5.74, 6) is 0. The van der Waals surface area contributed by atoms with Gasteiger partial charge >= 0.3 is 6.18 Å². The van der Waals surface area contributed by atoms with E-state index in [9.17, 15) is 13.2 Å². The lowest BCUT2D eigenvalue weighted by molar-refractivity contribution is -0.153. The van der Waals surface area contributed by atoms with Crippen molar-refractivity contribution in [3.05, 3.63) is 0 Å². The first-order chi connectivity index (χ1) is 5.53. The van der Waals surface area contributed by atoms with E-state index in [-0.39, 0.29) is 0 Å². The number of nitrogens with zero attached hydrogens (tertiary/aromatic N) is 1. The number of nitrogens with one attached hydrogen (secondary N) is 1. The summed E-state index contributed by atoms with van der Waals surface area (Å²) in [6.45, 7) is 0.355. The molecular formula is C7H11F3N2. The van der Waals surface area contributed by atoms with Crippen molar-refractivity contribution in [2.75, 3.05) is 19.6 Å². The Morgan fingerprint density at radius 2 is 1.75 bits per heavy atom.